The van der Waals surface area contributed by atoms with E-state index in [9.17, 15) is 14.7 Å². The molecule has 1 atom stereocenters. The molecule has 6 heteroatoms. The predicted molar refractivity (Wildman–Crippen MR) is 100 cm³/mol. The maximum Gasteiger partial charge on any atom is 0.315 e. The fourth-order valence-corrected chi connectivity index (χ4v) is 4.41. The number of urea groups is 1. The molecule has 1 unspecified atom stereocenters. The number of benzene rings is 1. The number of aryl methyl sites for hydroxylation is 1. The first kappa shape index (κ1) is 17.5. The van der Waals surface area contributed by atoms with Crippen LogP contribution in [0.15, 0.2) is 54.7 Å². The van der Waals surface area contributed by atoms with Gasteiger partial charge in [0.25, 0.3) is 0 Å². The minimum atomic E-state index is -0.749. The fraction of sp³-hybridized carbons (Fsp3) is 0.381. The molecule has 2 aromatic rings. The van der Waals surface area contributed by atoms with E-state index in [0.717, 1.165) is 18.5 Å². The Bertz CT molecular complexity index is 818. The van der Waals surface area contributed by atoms with Gasteiger partial charge in [0.15, 0.2) is 0 Å². The van der Waals surface area contributed by atoms with Crippen molar-refractivity contribution in [1.29, 1.82) is 0 Å². The predicted octanol–water partition coefficient (Wildman–Crippen LogP) is 3.06. The number of hydrogen-bond acceptors (Lipinski definition) is 3. The van der Waals surface area contributed by atoms with Crippen LogP contribution in [-0.2, 0) is 11.2 Å². The van der Waals surface area contributed by atoms with Crippen LogP contribution in [0, 0.1) is 5.41 Å². The molecule has 1 heterocycles. The number of carboxylic acid groups (broad SMARTS) is 1. The SMILES string of the molecule is O=C(NC(CCc1ccccc1)c1ccccn1)NC12CC(C(=O)O)(C1)C2. The summed E-state index contributed by atoms with van der Waals surface area (Å²) in [7, 11) is 0. The summed E-state index contributed by atoms with van der Waals surface area (Å²) < 4.78 is 0. The molecule has 0 radical (unpaired) electrons. The maximum absolute atomic E-state index is 12.5. The number of carboxylic acids is 1. The largest absolute Gasteiger partial charge is 0.481 e. The Morgan fingerprint density at radius 3 is 2.41 bits per heavy atom. The molecule has 3 N–H and O–H groups in total. The van der Waals surface area contributed by atoms with Gasteiger partial charge in [0.2, 0.25) is 0 Å². The third-order valence-electron chi connectivity index (χ3n) is 5.78. The van der Waals surface area contributed by atoms with Gasteiger partial charge in [-0.1, -0.05) is 36.4 Å². The summed E-state index contributed by atoms with van der Waals surface area (Å²) in [6.07, 6.45) is 4.88. The molecule has 0 saturated heterocycles. The topological polar surface area (TPSA) is 91.3 Å². The summed E-state index contributed by atoms with van der Waals surface area (Å²) >= 11 is 0. The quantitative estimate of drug-likeness (QED) is 0.703. The summed E-state index contributed by atoms with van der Waals surface area (Å²) in [5, 5.41) is 15.2. The van der Waals surface area contributed by atoms with Crippen LogP contribution in [-0.4, -0.2) is 27.6 Å². The molecule has 140 valence electrons. The molecular weight excluding hydrogens is 342 g/mol. The number of aromatic nitrogens is 1. The molecule has 5 rings (SSSR count). The highest BCUT2D eigenvalue weighted by atomic mass is 16.4. The molecule has 0 aliphatic heterocycles. The minimum absolute atomic E-state index is 0.202. The molecule has 27 heavy (non-hydrogen) atoms. The normalized spacial score (nSPS) is 26.2. The van der Waals surface area contributed by atoms with Gasteiger partial charge in [0, 0.05) is 11.7 Å². The molecule has 3 saturated carbocycles. The number of nitrogens with zero attached hydrogens (tertiary/aromatic N) is 1. The number of nitrogens with one attached hydrogen (secondary N) is 2. The lowest BCUT2D eigenvalue weighted by atomic mass is 9.39. The number of rotatable bonds is 7. The zero-order valence-electron chi connectivity index (χ0n) is 15.0. The zero-order valence-corrected chi connectivity index (χ0v) is 15.0. The maximum atomic E-state index is 12.5. The molecule has 6 nitrogen and oxygen atoms in total. The minimum Gasteiger partial charge on any atom is -0.481 e. The molecule has 3 aliphatic rings. The van der Waals surface area contributed by atoms with Crippen molar-refractivity contribution in [2.24, 2.45) is 5.41 Å². The van der Waals surface area contributed by atoms with Gasteiger partial charge in [-0.05, 0) is 49.8 Å². The number of carbonyl (C=O) groups excluding carboxylic acids is 1. The number of aliphatic carboxylic acids is 1. The first-order chi connectivity index (χ1) is 13.0. The second kappa shape index (κ2) is 6.68. The zero-order chi connectivity index (χ0) is 18.9. The van der Waals surface area contributed by atoms with E-state index >= 15 is 0 Å². The van der Waals surface area contributed by atoms with Crippen LogP contribution in [0.2, 0.25) is 0 Å². The second-order valence-electron chi connectivity index (χ2n) is 7.83. The Hall–Kier alpha value is -2.89. The van der Waals surface area contributed by atoms with E-state index in [1.165, 1.54) is 5.56 Å². The van der Waals surface area contributed by atoms with Gasteiger partial charge in [-0.25, -0.2) is 4.79 Å². The highest BCUT2D eigenvalue weighted by Crippen LogP contribution is 2.67. The number of pyridine rings is 1. The van der Waals surface area contributed by atoms with Crippen LogP contribution in [0.3, 0.4) is 0 Å². The van der Waals surface area contributed by atoms with E-state index < -0.39 is 11.4 Å². The van der Waals surface area contributed by atoms with Crippen LogP contribution in [0.5, 0.6) is 0 Å². The van der Waals surface area contributed by atoms with Gasteiger partial charge in [0.05, 0.1) is 17.2 Å². The van der Waals surface area contributed by atoms with E-state index in [-0.39, 0.29) is 17.6 Å². The Morgan fingerprint density at radius 1 is 1.07 bits per heavy atom. The lowest BCUT2D eigenvalue weighted by Crippen LogP contribution is -2.77. The van der Waals surface area contributed by atoms with Gasteiger partial charge < -0.3 is 15.7 Å². The molecule has 1 aromatic heterocycles. The van der Waals surface area contributed by atoms with E-state index in [4.69, 9.17) is 0 Å². The monoisotopic (exact) mass is 365 g/mol. The fourth-order valence-electron chi connectivity index (χ4n) is 4.41. The van der Waals surface area contributed by atoms with Gasteiger partial charge in [-0.2, -0.15) is 0 Å². The van der Waals surface area contributed by atoms with Crippen molar-refractivity contribution < 1.29 is 14.7 Å². The standard InChI is InChI=1S/C21H23N3O3/c25-18(26)20-12-21(13-20,14-20)24-19(27)23-17(16-8-4-5-11-22-16)10-9-15-6-2-1-3-7-15/h1-8,11,17H,9-10,12-14H2,(H,25,26)(H2,23,24,27). The summed E-state index contributed by atoms with van der Waals surface area (Å²) in [5.41, 5.74) is 1.10. The average Bonchev–Trinajstić information content (AvgIpc) is 2.61. The molecule has 3 aliphatic carbocycles. The van der Waals surface area contributed by atoms with Crippen LogP contribution in [0.1, 0.15) is 43.0 Å². The van der Waals surface area contributed by atoms with Gasteiger partial charge in [-0.15, -0.1) is 0 Å². The number of hydrogen-bond donors (Lipinski definition) is 3. The smallest absolute Gasteiger partial charge is 0.315 e. The van der Waals surface area contributed by atoms with Gasteiger partial charge in [-0.3, -0.25) is 9.78 Å². The third-order valence-corrected chi connectivity index (χ3v) is 5.78. The van der Waals surface area contributed by atoms with E-state index in [2.05, 4.69) is 27.8 Å². The highest BCUT2D eigenvalue weighted by Gasteiger charge is 2.72. The Balaban J connectivity index is 1.37. The van der Waals surface area contributed by atoms with Crippen molar-refractivity contribution >= 4 is 12.0 Å². The van der Waals surface area contributed by atoms with Crippen molar-refractivity contribution in [2.45, 2.75) is 43.7 Å². The van der Waals surface area contributed by atoms with Gasteiger partial charge >= 0.3 is 12.0 Å². The van der Waals surface area contributed by atoms with Crippen molar-refractivity contribution in [2.75, 3.05) is 0 Å². The summed E-state index contributed by atoms with van der Waals surface area (Å²) in [6, 6.07) is 15.4. The molecule has 2 amide bonds. The van der Waals surface area contributed by atoms with Crippen molar-refractivity contribution in [3.63, 3.8) is 0 Å². The van der Waals surface area contributed by atoms with Crippen LogP contribution in [0.25, 0.3) is 0 Å². The van der Waals surface area contributed by atoms with Gasteiger partial charge in [0.1, 0.15) is 0 Å². The Morgan fingerprint density at radius 2 is 1.78 bits per heavy atom. The molecule has 0 spiro atoms. The summed E-state index contributed by atoms with van der Waals surface area (Å²) in [5.74, 6) is -0.749. The van der Waals surface area contributed by atoms with Crippen molar-refractivity contribution in [3.8, 4) is 0 Å². The average molecular weight is 365 g/mol. The molecule has 3 fully saturated rings. The van der Waals surface area contributed by atoms with Crippen LogP contribution < -0.4 is 10.6 Å². The van der Waals surface area contributed by atoms with Crippen LogP contribution >= 0.6 is 0 Å². The van der Waals surface area contributed by atoms with Crippen molar-refractivity contribution in [1.82, 2.24) is 15.6 Å². The van der Waals surface area contributed by atoms with E-state index in [1.807, 2.05) is 36.4 Å². The van der Waals surface area contributed by atoms with E-state index in [0.29, 0.717) is 19.3 Å². The third kappa shape index (κ3) is 3.39. The first-order valence-electron chi connectivity index (χ1n) is 9.27. The Kier molecular flexibility index (Phi) is 4.34. The number of carbonyl (C=O) groups is 2. The summed E-state index contributed by atoms with van der Waals surface area (Å²) in [6.45, 7) is 0. The molecule has 1 aromatic carbocycles. The first-order valence-corrected chi connectivity index (χ1v) is 9.27. The molecular formula is C21H23N3O3. The Labute approximate surface area is 158 Å². The second-order valence-corrected chi connectivity index (χ2v) is 7.83. The lowest BCUT2D eigenvalue weighted by molar-refractivity contribution is -0.196. The number of amides is 2. The molecule has 2 bridgehead atoms. The van der Waals surface area contributed by atoms with E-state index in [1.54, 1.807) is 6.20 Å². The summed E-state index contributed by atoms with van der Waals surface area (Å²) in [4.78, 5) is 28.2. The van der Waals surface area contributed by atoms with Crippen molar-refractivity contribution in [3.05, 3.63) is 66.0 Å². The lowest BCUT2D eigenvalue weighted by Gasteiger charge is -2.67. The highest BCUT2D eigenvalue weighted by molar-refractivity contribution is 5.83. The van der Waals surface area contributed by atoms with Crippen LogP contribution in [0.4, 0.5) is 4.79 Å².